The van der Waals surface area contributed by atoms with Crippen molar-refractivity contribution in [3.05, 3.63) is 60.2 Å². The summed E-state index contributed by atoms with van der Waals surface area (Å²) in [6, 6.07) is 12.7. The quantitative estimate of drug-likeness (QED) is 0.798. The van der Waals surface area contributed by atoms with Crippen LogP contribution in [0.1, 0.15) is 37.9 Å². The second-order valence-electron chi connectivity index (χ2n) is 5.50. The molecule has 1 atom stereocenters. The lowest BCUT2D eigenvalue weighted by molar-refractivity contribution is 0.586. The van der Waals surface area contributed by atoms with E-state index < -0.39 is 0 Å². The van der Waals surface area contributed by atoms with Crippen molar-refractivity contribution in [1.29, 1.82) is 0 Å². The van der Waals surface area contributed by atoms with Gasteiger partial charge < -0.3 is 0 Å². The highest BCUT2D eigenvalue weighted by Crippen LogP contribution is 2.24. The maximum atomic E-state index is 4.45. The first-order valence-electron chi connectivity index (χ1n) is 6.53. The Labute approximate surface area is 119 Å². The molecule has 1 aromatic heterocycles. The van der Waals surface area contributed by atoms with Gasteiger partial charge in [-0.15, -0.1) is 0 Å². The van der Waals surface area contributed by atoms with Crippen molar-refractivity contribution >= 4 is 6.01 Å². The molecule has 102 valence electrons. The molecule has 0 fully saturated rings. The summed E-state index contributed by atoms with van der Waals surface area (Å²) in [6.45, 7) is 6.04. The number of hydrogen-bond donors (Lipinski definition) is 0. The van der Waals surface area contributed by atoms with Gasteiger partial charge >= 0.3 is 0 Å². The molecule has 0 aliphatic rings. The summed E-state index contributed by atoms with van der Waals surface area (Å²) in [7, 11) is 0. The van der Waals surface area contributed by atoms with Gasteiger partial charge in [-0.2, -0.15) is 0 Å². The van der Waals surface area contributed by atoms with Crippen molar-refractivity contribution in [1.82, 2.24) is 9.97 Å². The van der Waals surface area contributed by atoms with E-state index in [1.54, 1.807) is 12.4 Å². The van der Waals surface area contributed by atoms with E-state index in [9.17, 15) is 0 Å². The molecule has 20 heavy (non-hydrogen) atoms. The van der Waals surface area contributed by atoms with Crippen molar-refractivity contribution in [3.63, 3.8) is 0 Å². The molecule has 0 saturated carbocycles. The Kier molecular flexibility index (Phi) is 4.38. The molecular formula is C16H18N4. The van der Waals surface area contributed by atoms with Crippen molar-refractivity contribution in [2.45, 2.75) is 32.4 Å². The van der Waals surface area contributed by atoms with E-state index in [0.717, 1.165) is 11.1 Å². The van der Waals surface area contributed by atoms with Crippen molar-refractivity contribution in [3.8, 4) is 0 Å². The molecule has 2 rings (SSSR count). The highest BCUT2D eigenvalue weighted by molar-refractivity contribution is 5.45. The third kappa shape index (κ3) is 4.11. The molecule has 0 spiro atoms. The van der Waals surface area contributed by atoms with Gasteiger partial charge in [-0.1, -0.05) is 30.3 Å². The topological polar surface area (TPSA) is 50.5 Å². The largest absolute Gasteiger partial charge is 0.244 e. The maximum absolute atomic E-state index is 4.45. The average Bonchev–Trinajstić information content (AvgIpc) is 2.44. The number of aliphatic imine (C=N–C) groups is 2. The smallest absolute Gasteiger partial charge is 0.115 e. The number of rotatable bonds is 3. The summed E-state index contributed by atoms with van der Waals surface area (Å²) in [5.74, 6) is 0. The first-order valence-corrected chi connectivity index (χ1v) is 6.53. The minimum Gasteiger partial charge on any atom is -0.244 e. The lowest BCUT2D eigenvalue weighted by Gasteiger charge is -2.11. The van der Waals surface area contributed by atoms with Crippen LogP contribution in [0.5, 0.6) is 0 Å². The third-order valence-corrected chi connectivity index (χ3v) is 2.58. The Morgan fingerprint density at radius 2 is 1.65 bits per heavy atom. The summed E-state index contributed by atoms with van der Waals surface area (Å²) in [5.41, 5.74) is 1.81. The fourth-order valence-electron chi connectivity index (χ4n) is 1.67. The highest BCUT2D eigenvalue weighted by atomic mass is 14.9. The Bertz CT molecular complexity index is 554. The first-order chi connectivity index (χ1) is 9.56. The molecular weight excluding hydrogens is 248 g/mol. The van der Waals surface area contributed by atoms with Crippen LogP contribution in [0.15, 0.2) is 59.0 Å². The summed E-state index contributed by atoms with van der Waals surface area (Å²) in [4.78, 5) is 16.9. The van der Waals surface area contributed by atoms with Gasteiger partial charge in [0, 0.05) is 18.0 Å². The number of hydrogen-bond acceptors (Lipinski definition) is 4. The zero-order chi connectivity index (χ0) is 14.4. The van der Waals surface area contributed by atoms with Crippen LogP contribution in [0.25, 0.3) is 0 Å². The van der Waals surface area contributed by atoms with E-state index in [1.807, 2.05) is 51.1 Å². The molecule has 1 heterocycles. The van der Waals surface area contributed by atoms with Gasteiger partial charge in [0.15, 0.2) is 0 Å². The van der Waals surface area contributed by atoms with E-state index in [-0.39, 0.29) is 11.6 Å². The molecule has 0 bridgehead atoms. The molecule has 0 N–H and O–H groups in total. The number of aromatic nitrogens is 2. The molecule has 0 amide bonds. The van der Waals surface area contributed by atoms with E-state index in [2.05, 4.69) is 26.0 Å². The van der Waals surface area contributed by atoms with Crippen molar-refractivity contribution < 1.29 is 0 Å². The summed E-state index contributed by atoms with van der Waals surface area (Å²) >= 11 is 0. The van der Waals surface area contributed by atoms with Gasteiger partial charge in [0.2, 0.25) is 0 Å². The molecule has 4 heteroatoms. The monoisotopic (exact) mass is 266 g/mol. The van der Waals surface area contributed by atoms with Gasteiger partial charge in [0.25, 0.3) is 0 Å². The second kappa shape index (κ2) is 6.22. The van der Waals surface area contributed by atoms with Gasteiger partial charge in [-0.3, -0.25) is 0 Å². The molecule has 0 aliphatic carbocycles. The van der Waals surface area contributed by atoms with Crippen LogP contribution in [-0.4, -0.2) is 21.5 Å². The van der Waals surface area contributed by atoms with Crippen LogP contribution in [0.3, 0.4) is 0 Å². The van der Waals surface area contributed by atoms with Gasteiger partial charge in [0.1, 0.15) is 12.4 Å². The normalized spacial score (nSPS) is 12.3. The minimum atomic E-state index is -0.183. The van der Waals surface area contributed by atoms with Crippen LogP contribution in [0, 0.1) is 0 Å². The fourth-order valence-corrected chi connectivity index (χ4v) is 1.67. The van der Waals surface area contributed by atoms with E-state index in [1.165, 1.54) is 6.33 Å². The molecule has 2 aromatic rings. The molecule has 1 unspecified atom stereocenters. The summed E-state index contributed by atoms with van der Waals surface area (Å²) in [5, 5.41) is 0. The maximum Gasteiger partial charge on any atom is 0.115 e. The molecule has 0 saturated heterocycles. The van der Waals surface area contributed by atoms with Gasteiger partial charge in [-0.05, 0) is 26.3 Å². The van der Waals surface area contributed by atoms with Crippen LogP contribution in [0.2, 0.25) is 0 Å². The van der Waals surface area contributed by atoms with Crippen molar-refractivity contribution in [2.75, 3.05) is 0 Å². The predicted octanol–water partition coefficient (Wildman–Crippen LogP) is 3.54. The van der Waals surface area contributed by atoms with Crippen LogP contribution in [0.4, 0.5) is 0 Å². The number of benzene rings is 1. The standard InChI is InChI=1S/C16H18N4/c1-16(2,3)20-12-19-15(13-7-5-4-6-8-13)14-9-17-11-18-10-14/h4-11,15H,1-3H3. The van der Waals surface area contributed by atoms with Crippen LogP contribution >= 0.6 is 0 Å². The SMILES string of the molecule is CC(C)(C)N=C=NC(c1ccccc1)c1cncnc1. The number of nitrogens with zero attached hydrogens (tertiary/aromatic N) is 4. The van der Waals surface area contributed by atoms with Crippen LogP contribution in [-0.2, 0) is 0 Å². The van der Waals surface area contributed by atoms with E-state index >= 15 is 0 Å². The Morgan fingerprint density at radius 3 is 2.25 bits per heavy atom. The zero-order valence-corrected chi connectivity index (χ0v) is 12.0. The molecule has 0 radical (unpaired) electrons. The van der Waals surface area contributed by atoms with Crippen LogP contribution < -0.4 is 0 Å². The Hall–Kier alpha value is -2.32. The summed E-state index contributed by atoms with van der Waals surface area (Å²) < 4.78 is 0. The molecule has 4 nitrogen and oxygen atoms in total. The highest BCUT2D eigenvalue weighted by Gasteiger charge is 2.13. The summed E-state index contributed by atoms with van der Waals surface area (Å²) in [6.07, 6.45) is 5.05. The average molecular weight is 266 g/mol. The Morgan fingerprint density at radius 1 is 1.00 bits per heavy atom. The van der Waals surface area contributed by atoms with Gasteiger partial charge in [0.05, 0.1) is 11.5 Å². The second-order valence-corrected chi connectivity index (χ2v) is 5.50. The fraction of sp³-hybridized carbons (Fsp3) is 0.312. The zero-order valence-electron chi connectivity index (χ0n) is 12.0. The van der Waals surface area contributed by atoms with Gasteiger partial charge in [-0.25, -0.2) is 20.0 Å². The molecule has 0 aliphatic heterocycles. The Balaban J connectivity index is 2.39. The molecule has 1 aromatic carbocycles. The van der Waals surface area contributed by atoms with E-state index in [4.69, 9.17) is 0 Å². The van der Waals surface area contributed by atoms with E-state index in [0.29, 0.717) is 0 Å². The minimum absolute atomic E-state index is 0.177. The lowest BCUT2D eigenvalue weighted by atomic mass is 10.0. The third-order valence-electron chi connectivity index (χ3n) is 2.58. The lowest BCUT2D eigenvalue weighted by Crippen LogP contribution is -2.08. The van der Waals surface area contributed by atoms with Crippen molar-refractivity contribution in [2.24, 2.45) is 9.98 Å². The predicted molar refractivity (Wildman–Crippen MR) is 79.9 cm³/mol. The first kappa shape index (κ1) is 14.1.